The van der Waals surface area contributed by atoms with Crippen LogP contribution in [0.15, 0.2) is 60.9 Å². The molecule has 5 rings (SSSR count). The van der Waals surface area contributed by atoms with E-state index in [-0.39, 0.29) is 0 Å². The maximum atomic E-state index is 4.58. The van der Waals surface area contributed by atoms with E-state index in [1.165, 1.54) is 30.9 Å². The van der Waals surface area contributed by atoms with Gasteiger partial charge in [-0.25, -0.2) is 0 Å². The first-order valence-electron chi connectivity index (χ1n) is 6.85. The molecule has 0 aliphatic heterocycles. The Morgan fingerprint density at radius 1 is 0.762 bits per heavy atom. The normalized spacial score (nSPS) is 11.8. The molecule has 3 aromatic heterocycles. The predicted octanol–water partition coefficient (Wildman–Crippen LogP) is 5.15. The average Bonchev–Trinajstić information content (AvgIpc) is 2.94. The Kier molecular flexibility index (Phi) is 2.12. The van der Waals surface area contributed by atoms with Crippen molar-refractivity contribution in [2.24, 2.45) is 0 Å². The Labute approximate surface area is 124 Å². The molecule has 98 valence electrons. The fourth-order valence-corrected chi connectivity index (χ4v) is 4.13. The largest absolute Gasteiger partial charge is 0.254 e. The molecule has 0 saturated heterocycles. The van der Waals surface area contributed by atoms with Gasteiger partial charge in [-0.3, -0.25) is 9.97 Å². The summed E-state index contributed by atoms with van der Waals surface area (Å²) in [6, 6.07) is 16.9. The molecular formula is C18H10N2S. The van der Waals surface area contributed by atoms with E-state index in [1.807, 2.05) is 24.5 Å². The molecule has 0 spiro atoms. The molecular weight excluding hydrogens is 276 g/mol. The number of benzene rings is 2. The summed E-state index contributed by atoms with van der Waals surface area (Å²) in [6.45, 7) is 0. The quantitative estimate of drug-likeness (QED) is 0.393. The van der Waals surface area contributed by atoms with Gasteiger partial charge in [-0.1, -0.05) is 30.3 Å². The molecule has 0 unspecified atom stereocenters. The third-order valence-corrected chi connectivity index (χ3v) is 5.04. The van der Waals surface area contributed by atoms with E-state index in [4.69, 9.17) is 0 Å². The Balaban J connectivity index is 2.18. The van der Waals surface area contributed by atoms with Crippen molar-refractivity contribution in [3.63, 3.8) is 0 Å². The van der Waals surface area contributed by atoms with Crippen molar-refractivity contribution in [3.05, 3.63) is 60.9 Å². The van der Waals surface area contributed by atoms with Gasteiger partial charge >= 0.3 is 0 Å². The smallest absolute Gasteiger partial charge is 0.0979 e. The van der Waals surface area contributed by atoms with Gasteiger partial charge in [0, 0.05) is 27.9 Å². The molecule has 0 aliphatic rings. The summed E-state index contributed by atoms with van der Waals surface area (Å²) in [5.41, 5.74) is 1.95. The number of hydrogen-bond donors (Lipinski definition) is 0. The lowest BCUT2D eigenvalue weighted by atomic mass is 10.0. The number of fused-ring (bicyclic) bond motifs is 7. The van der Waals surface area contributed by atoms with Crippen molar-refractivity contribution in [2.75, 3.05) is 0 Å². The van der Waals surface area contributed by atoms with E-state index in [2.05, 4.69) is 46.4 Å². The summed E-state index contributed by atoms with van der Waals surface area (Å²) in [4.78, 5) is 9.12. The van der Waals surface area contributed by atoms with Crippen molar-refractivity contribution in [2.45, 2.75) is 0 Å². The standard InChI is InChI=1S/C18H10N2S/c1-2-5-12-11(4-1)7-8-14-16(12)17-15(21-14)10-20-13-6-3-9-19-18(13)17/h1-10H. The maximum Gasteiger partial charge on any atom is 0.0979 e. The van der Waals surface area contributed by atoms with Crippen LogP contribution < -0.4 is 0 Å². The van der Waals surface area contributed by atoms with Gasteiger partial charge in [0.2, 0.25) is 0 Å². The van der Waals surface area contributed by atoms with Crippen LogP contribution in [-0.4, -0.2) is 9.97 Å². The molecule has 21 heavy (non-hydrogen) atoms. The van der Waals surface area contributed by atoms with Crippen LogP contribution >= 0.6 is 11.3 Å². The minimum absolute atomic E-state index is 0.956. The summed E-state index contributed by atoms with van der Waals surface area (Å²) in [6.07, 6.45) is 3.82. The summed E-state index contributed by atoms with van der Waals surface area (Å²) < 4.78 is 2.50. The second-order valence-electron chi connectivity index (χ2n) is 5.13. The summed E-state index contributed by atoms with van der Waals surface area (Å²) in [5.74, 6) is 0. The van der Waals surface area contributed by atoms with Gasteiger partial charge in [-0.2, -0.15) is 0 Å². The zero-order chi connectivity index (χ0) is 13.8. The molecule has 0 aliphatic carbocycles. The second kappa shape index (κ2) is 3.99. The lowest BCUT2D eigenvalue weighted by molar-refractivity contribution is 1.37. The zero-order valence-corrected chi connectivity index (χ0v) is 11.9. The molecule has 0 N–H and O–H groups in total. The SMILES string of the molecule is c1ccc2c(c1)ccc1sc3cnc4cccnc4c3c12. The molecule has 5 aromatic rings. The third-order valence-electron chi connectivity index (χ3n) is 3.95. The summed E-state index contributed by atoms with van der Waals surface area (Å²) in [5, 5.41) is 5.10. The van der Waals surface area contributed by atoms with Crippen LogP contribution in [-0.2, 0) is 0 Å². The number of rotatable bonds is 0. The van der Waals surface area contributed by atoms with Crippen molar-refractivity contribution in [1.82, 2.24) is 9.97 Å². The molecule has 3 heteroatoms. The molecule has 3 heterocycles. The Bertz CT molecular complexity index is 1050. The van der Waals surface area contributed by atoms with Crippen molar-refractivity contribution in [1.29, 1.82) is 0 Å². The number of aromatic nitrogens is 2. The van der Waals surface area contributed by atoms with Crippen LogP contribution in [0.2, 0.25) is 0 Å². The molecule has 2 nitrogen and oxygen atoms in total. The van der Waals surface area contributed by atoms with Gasteiger partial charge in [-0.15, -0.1) is 11.3 Å². The molecule has 2 aromatic carbocycles. The lowest BCUT2D eigenvalue weighted by Crippen LogP contribution is -1.82. The van der Waals surface area contributed by atoms with Gasteiger partial charge in [0.15, 0.2) is 0 Å². The van der Waals surface area contributed by atoms with E-state index in [0.29, 0.717) is 0 Å². The van der Waals surface area contributed by atoms with Crippen molar-refractivity contribution >= 4 is 53.3 Å². The molecule has 0 atom stereocenters. The van der Waals surface area contributed by atoms with E-state index < -0.39 is 0 Å². The Morgan fingerprint density at radius 3 is 2.71 bits per heavy atom. The van der Waals surface area contributed by atoms with Gasteiger partial charge < -0.3 is 0 Å². The van der Waals surface area contributed by atoms with Crippen molar-refractivity contribution in [3.8, 4) is 0 Å². The summed E-state index contributed by atoms with van der Waals surface area (Å²) in [7, 11) is 0. The monoisotopic (exact) mass is 286 g/mol. The van der Waals surface area contributed by atoms with Gasteiger partial charge in [0.25, 0.3) is 0 Å². The fourth-order valence-electron chi connectivity index (χ4n) is 3.03. The highest BCUT2D eigenvalue weighted by Gasteiger charge is 2.12. The van der Waals surface area contributed by atoms with Crippen molar-refractivity contribution < 1.29 is 0 Å². The minimum Gasteiger partial charge on any atom is -0.254 e. The first kappa shape index (κ1) is 11.2. The first-order valence-corrected chi connectivity index (χ1v) is 7.67. The zero-order valence-electron chi connectivity index (χ0n) is 11.1. The molecule has 0 saturated carbocycles. The highest BCUT2D eigenvalue weighted by molar-refractivity contribution is 7.26. The molecule has 0 amide bonds. The number of pyridine rings is 2. The number of hydrogen-bond acceptors (Lipinski definition) is 3. The van der Waals surface area contributed by atoms with E-state index >= 15 is 0 Å². The second-order valence-corrected chi connectivity index (χ2v) is 6.21. The van der Waals surface area contributed by atoms with E-state index in [0.717, 1.165) is 11.0 Å². The predicted molar refractivity (Wildman–Crippen MR) is 89.9 cm³/mol. The van der Waals surface area contributed by atoms with Gasteiger partial charge in [0.1, 0.15) is 0 Å². The maximum absolute atomic E-state index is 4.58. The van der Waals surface area contributed by atoms with Crippen LogP contribution in [0.1, 0.15) is 0 Å². The van der Waals surface area contributed by atoms with Crippen LogP contribution in [0, 0.1) is 0 Å². The summed E-state index contributed by atoms with van der Waals surface area (Å²) >= 11 is 1.79. The van der Waals surface area contributed by atoms with Crippen LogP contribution in [0.5, 0.6) is 0 Å². The molecule has 0 bridgehead atoms. The molecule has 0 fully saturated rings. The fraction of sp³-hybridized carbons (Fsp3) is 0. The van der Waals surface area contributed by atoms with E-state index in [9.17, 15) is 0 Å². The van der Waals surface area contributed by atoms with E-state index in [1.54, 1.807) is 11.3 Å². The molecule has 0 radical (unpaired) electrons. The average molecular weight is 286 g/mol. The van der Waals surface area contributed by atoms with Crippen LogP contribution in [0.25, 0.3) is 42.0 Å². The van der Waals surface area contributed by atoms with Gasteiger partial charge in [0.05, 0.1) is 15.7 Å². The number of thiophene rings is 1. The minimum atomic E-state index is 0.956. The van der Waals surface area contributed by atoms with Crippen LogP contribution in [0.4, 0.5) is 0 Å². The van der Waals surface area contributed by atoms with Crippen LogP contribution in [0.3, 0.4) is 0 Å². The number of nitrogens with zero attached hydrogens (tertiary/aromatic N) is 2. The lowest BCUT2D eigenvalue weighted by Gasteiger charge is -2.02. The topological polar surface area (TPSA) is 25.8 Å². The highest BCUT2D eigenvalue weighted by atomic mass is 32.1. The van der Waals surface area contributed by atoms with Gasteiger partial charge in [-0.05, 0) is 29.0 Å². The third kappa shape index (κ3) is 1.46. The first-order chi connectivity index (χ1) is 10.4. The Hall–Kier alpha value is -2.52. The Morgan fingerprint density at radius 2 is 1.71 bits per heavy atom. The highest BCUT2D eigenvalue weighted by Crippen LogP contribution is 2.40.